The predicted octanol–water partition coefficient (Wildman–Crippen LogP) is 4.77. The molecule has 2 fully saturated rings. The lowest BCUT2D eigenvalue weighted by Crippen LogP contribution is -2.42. The summed E-state index contributed by atoms with van der Waals surface area (Å²) in [4.78, 5) is 26.0. The SMILES string of the molecule is CC(=O)NC[C@H]1CN(c2ccc(C3CCN(C(c4ccccc4)C(F)(F)F)CC3)c(F)c2)C(=O)O1. The lowest BCUT2D eigenvalue weighted by Gasteiger charge is -2.38. The average Bonchev–Trinajstić information content (AvgIpc) is 3.19. The molecule has 2 aromatic carbocycles. The summed E-state index contributed by atoms with van der Waals surface area (Å²) in [5, 5.41) is 2.58. The van der Waals surface area contributed by atoms with Gasteiger partial charge in [-0.3, -0.25) is 14.6 Å². The number of halogens is 4. The van der Waals surface area contributed by atoms with Crippen LogP contribution in [0.3, 0.4) is 0 Å². The van der Waals surface area contributed by atoms with Gasteiger partial charge in [0.05, 0.1) is 18.8 Å². The fourth-order valence-corrected chi connectivity index (χ4v) is 4.82. The van der Waals surface area contributed by atoms with Crippen LogP contribution in [0.1, 0.15) is 42.9 Å². The Balaban J connectivity index is 1.41. The summed E-state index contributed by atoms with van der Waals surface area (Å²) >= 11 is 0. The third kappa shape index (κ3) is 5.75. The summed E-state index contributed by atoms with van der Waals surface area (Å²) in [6, 6.07) is 10.6. The maximum Gasteiger partial charge on any atom is 0.414 e. The van der Waals surface area contributed by atoms with Crippen molar-refractivity contribution in [3.63, 3.8) is 0 Å². The van der Waals surface area contributed by atoms with Crippen molar-refractivity contribution in [1.29, 1.82) is 0 Å². The largest absolute Gasteiger partial charge is 0.442 e. The van der Waals surface area contributed by atoms with Gasteiger partial charge in [0.15, 0.2) is 0 Å². The van der Waals surface area contributed by atoms with E-state index >= 15 is 4.39 Å². The van der Waals surface area contributed by atoms with Crippen LogP contribution in [0.15, 0.2) is 48.5 Å². The Morgan fingerprint density at radius 1 is 1.14 bits per heavy atom. The lowest BCUT2D eigenvalue weighted by molar-refractivity contribution is -0.189. The van der Waals surface area contributed by atoms with Crippen molar-refractivity contribution < 1.29 is 31.9 Å². The molecular weight excluding hydrogens is 466 g/mol. The van der Waals surface area contributed by atoms with Crippen LogP contribution in [0.4, 0.5) is 28.0 Å². The standard InChI is InChI=1S/C25H27F4N3O3/c1-16(33)30-14-20-15-32(24(34)35-20)19-7-8-21(22(26)13-19)17-9-11-31(12-10-17)23(25(27,28)29)18-5-3-2-4-6-18/h2-8,13,17,20,23H,9-12,14-15H2,1H3,(H,30,33)/t20-,23?/m0/s1. The highest BCUT2D eigenvalue weighted by atomic mass is 19.4. The van der Waals surface area contributed by atoms with Gasteiger partial charge < -0.3 is 10.1 Å². The Bertz CT molecular complexity index is 1060. The summed E-state index contributed by atoms with van der Waals surface area (Å²) in [5.74, 6) is -0.969. The normalized spacial score (nSPS) is 20.5. The van der Waals surface area contributed by atoms with E-state index in [9.17, 15) is 22.8 Å². The lowest BCUT2D eigenvalue weighted by atomic mass is 9.87. The third-order valence-corrected chi connectivity index (χ3v) is 6.51. The molecule has 0 saturated carbocycles. The molecule has 0 spiro atoms. The summed E-state index contributed by atoms with van der Waals surface area (Å²) < 4.78 is 61.8. The minimum atomic E-state index is -4.41. The smallest absolute Gasteiger partial charge is 0.414 e. The van der Waals surface area contributed by atoms with E-state index < -0.39 is 30.2 Å². The molecule has 35 heavy (non-hydrogen) atoms. The first-order valence-electron chi connectivity index (χ1n) is 11.5. The van der Waals surface area contributed by atoms with Crippen molar-refractivity contribution in [1.82, 2.24) is 10.2 Å². The Kier molecular flexibility index (Phi) is 7.30. The number of benzene rings is 2. The zero-order valence-corrected chi connectivity index (χ0v) is 19.2. The molecule has 10 heteroatoms. The topological polar surface area (TPSA) is 61.9 Å². The molecule has 2 saturated heterocycles. The van der Waals surface area contributed by atoms with Crippen LogP contribution in [0.25, 0.3) is 0 Å². The number of piperidine rings is 1. The number of anilines is 1. The number of likely N-dealkylation sites (tertiary alicyclic amines) is 1. The highest BCUT2D eigenvalue weighted by molar-refractivity contribution is 5.89. The number of nitrogens with zero attached hydrogens (tertiary/aromatic N) is 2. The fraction of sp³-hybridized carbons (Fsp3) is 0.440. The molecule has 188 valence electrons. The Morgan fingerprint density at radius 2 is 1.83 bits per heavy atom. The third-order valence-electron chi connectivity index (χ3n) is 6.51. The van der Waals surface area contributed by atoms with Crippen LogP contribution in [0.5, 0.6) is 0 Å². The van der Waals surface area contributed by atoms with Gasteiger partial charge in [0.25, 0.3) is 0 Å². The monoisotopic (exact) mass is 493 g/mol. The molecule has 0 aliphatic carbocycles. The maximum absolute atomic E-state index is 15.0. The number of hydrogen-bond acceptors (Lipinski definition) is 4. The van der Waals surface area contributed by atoms with Gasteiger partial charge in [-0.1, -0.05) is 36.4 Å². The second-order valence-electron chi connectivity index (χ2n) is 8.92. The number of alkyl halides is 3. The molecule has 6 nitrogen and oxygen atoms in total. The maximum atomic E-state index is 15.0. The molecule has 4 rings (SSSR count). The van der Waals surface area contributed by atoms with Crippen LogP contribution < -0.4 is 10.2 Å². The van der Waals surface area contributed by atoms with Gasteiger partial charge in [-0.05, 0) is 55.1 Å². The molecule has 2 atom stereocenters. The molecule has 0 radical (unpaired) electrons. The van der Waals surface area contributed by atoms with Gasteiger partial charge >= 0.3 is 12.3 Å². The first kappa shape index (κ1) is 25.0. The number of hydrogen-bond donors (Lipinski definition) is 1. The van der Waals surface area contributed by atoms with Crippen molar-refractivity contribution in [2.45, 2.75) is 44.0 Å². The zero-order valence-electron chi connectivity index (χ0n) is 19.2. The number of ether oxygens (including phenoxy) is 1. The van der Waals surface area contributed by atoms with Gasteiger partial charge in [-0.15, -0.1) is 0 Å². The first-order valence-corrected chi connectivity index (χ1v) is 11.5. The van der Waals surface area contributed by atoms with Crippen LogP contribution in [0.2, 0.25) is 0 Å². The van der Waals surface area contributed by atoms with E-state index in [4.69, 9.17) is 4.74 Å². The van der Waals surface area contributed by atoms with E-state index in [0.717, 1.165) is 0 Å². The predicted molar refractivity (Wildman–Crippen MR) is 121 cm³/mol. The van der Waals surface area contributed by atoms with E-state index in [-0.39, 0.29) is 43.6 Å². The highest BCUT2D eigenvalue weighted by Crippen LogP contribution is 2.41. The van der Waals surface area contributed by atoms with E-state index in [1.807, 2.05) is 0 Å². The quantitative estimate of drug-likeness (QED) is 0.589. The van der Waals surface area contributed by atoms with Crippen LogP contribution >= 0.6 is 0 Å². The van der Waals surface area contributed by atoms with E-state index in [2.05, 4.69) is 5.32 Å². The molecule has 2 aromatic rings. The summed E-state index contributed by atoms with van der Waals surface area (Å²) in [7, 11) is 0. The van der Waals surface area contributed by atoms with Crippen molar-refractivity contribution in [2.75, 3.05) is 31.1 Å². The number of carbonyl (C=O) groups is 2. The summed E-state index contributed by atoms with van der Waals surface area (Å²) in [6.07, 6.45) is -4.80. The first-order chi connectivity index (χ1) is 16.6. The second-order valence-corrected chi connectivity index (χ2v) is 8.92. The van der Waals surface area contributed by atoms with Crippen LogP contribution in [-0.2, 0) is 9.53 Å². The molecule has 2 aliphatic rings. The highest BCUT2D eigenvalue weighted by Gasteiger charge is 2.45. The second kappa shape index (κ2) is 10.2. The van der Waals surface area contributed by atoms with Crippen LogP contribution in [-0.4, -0.2) is 55.4 Å². The van der Waals surface area contributed by atoms with Crippen molar-refractivity contribution in [3.05, 3.63) is 65.5 Å². The van der Waals surface area contributed by atoms with Crippen molar-refractivity contribution in [3.8, 4) is 0 Å². The number of nitrogens with one attached hydrogen (secondary N) is 1. The molecule has 0 aromatic heterocycles. The molecular formula is C25H27F4N3O3. The molecule has 1 unspecified atom stereocenters. The molecule has 2 heterocycles. The van der Waals surface area contributed by atoms with Crippen molar-refractivity contribution >= 4 is 17.7 Å². The van der Waals surface area contributed by atoms with Gasteiger partial charge in [-0.2, -0.15) is 13.2 Å². The number of amides is 2. The average molecular weight is 494 g/mol. The molecule has 1 N–H and O–H groups in total. The minimum Gasteiger partial charge on any atom is -0.442 e. The Hall–Kier alpha value is -3.14. The zero-order chi connectivity index (χ0) is 25.2. The number of cyclic esters (lactones) is 1. The van der Waals surface area contributed by atoms with E-state index in [0.29, 0.717) is 24.1 Å². The summed E-state index contributed by atoms with van der Waals surface area (Å²) in [6.45, 7) is 2.08. The van der Waals surface area contributed by atoms with E-state index in [1.165, 1.54) is 34.9 Å². The minimum absolute atomic E-state index is 0.165. The van der Waals surface area contributed by atoms with E-state index in [1.54, 1.807) is 30.3 Å². The summed E-state index contributed by atoms with van der Waals surface area (Å²) in [5.41, 5.74) is 0.961. The number of rotatable bonds is 6. The van der Waals surface area contributed by atoms with Gasteiger partial charge in [0, 0.05) is 6.92 Å². The molecule has 2 amide bonds. The van der Waals surface area contributed by atoms with Crippen molar-refractivity contribution in [2.24, 2.45) is 0 Å². The Morgan fingerprint density at radius 3 is 2.43 bits per heavy atom. The number of carbonyl (C=O) groups excluding carboxylic acids is 2. The van der Waals surface area contributed by atoms with Crippen LogP contribution in [0, 0.1) is 5.82 Å². The van der Waals surface area contributed by atoms with Gasteiger partial charge in [0.1, 0.15) is 18.0 Å². The van der Waals surface area contributed by atoms with Gasteiger partial charge in [0.2, 0.25) is 5.91 Å². The fourth-order valence-electron chi connectivity index (χ4n) is 4.82. The molecule has 0 bridgehead atoms. The van der Waals surface area contributed by atoms with Gasteiger partial charge in [-0.25, -0.2) is 9.18 Å². The molecule has 2 aliphatic heterocycles. The Labute approximate surface area is 200 Å².